The number of rotatable bonds is 0. The summed E-state index contributed by atoms with van der Waals surface area (Å²) in [5.74, 6) is 7.49. The smallest absolute Gasteiger partial charge is 1.00 e. The van der Waals surface area contributed by atoms with E-state index in [9.17, 15) is 0 Å². The average molecular weight is 804 g/mol. The van der Waals surface area contributed by atoms with Crippen LogP contribution in [0.25, 0.3) is 0 Å². The summed E-state index contributed by atoms with van der Waals surface area (Å²) >= 11 is 0. The fraction of sp³-hybridized carbons (Fsp3) is 1.00. The molecule has 20 unspecified atom stereocenters. The second-order valence-corrected chi connectivity index (χ2v) is 25.7. The molecule has 20 atom stereocenters. The van der Waals surface area contributed by atoms with Crippen LogP contribution in [0.1, 0.15) is 163 Å². The predicted octanol–water partition coefficient (Wildman–Crippen LogP) is 7.54. The molecule has 0 spiro atoms. The molecular formula is C48H90MgN8. The normalized spacial score (nSPS) is 50.3. The van der Waals surface area contributed by atoms with E-state index in [-0.39, 0.29) is 59.9 Å². The molecule has 9 fully saturated rings. The van der Waals surface area contributed by atoms with Gasteiger partial charge in [0.15, 0.2) is 0 Å². The summed E-state index contributed by atoms with van der Waals surface area (Å²) in [4.78, 5) is 0. The van der Waals surface area contributed by atoms with Crippen molar-refractivity contribution in [3.05, 3.63) is 0 Å². The molecule has 0 radical (unpaired) electrons. The van der Waals surface area contributed by atoms with Crippen molar-refractivity contribution in [1.29, 1.82) is 0 Å². The van der Waals surface area contributed by atoms with Crippen molar-refractivity contribution in [3.8, 4) is 0 Å². The van der Waals surface area contributed by atoms with Crippen LogP contribution in [-0.2, 0) is 0 Å². The van der Waals surface area contributed by atoms with Gasteiger partial charge in [-0.3, -0.25) is 42.5 Å². The van der Waals surface area contributed by atoms with Gasteiger partial charge in [0.25, 0.3) is 0 Å². The molecule has 8 N–H and O–H groups in total. The molecule has 8 bridgehead atoms. The van der Waals surface area contributed by atoms with E-state index in [0.717, 1.165) is 0 Å². The van der Waals surface area contributed by atoms with E-state index in [1.54, 1.807) is 0 Å². The fourth-order valence-electron chi connectivity index (χ4n) is 16.6. The van der Waals surface area contributed by atoms with Crippen molar-refractivity contribution < 1.29 is 2.85 Å². The van der Waals surface area contributed by atoms with Crippen LogP contribution in [-0.4, -0.2) is 72.4 Å². The zero-order valence-electron chi connectivity index (χ0n) is 40.7. The minimum atomic E-state index is 0. The van der Waals surface area contributed by atoms with Crippen LogP contribution in [0.5, 0.6) is 0 Å². The van der Waals surface area contributed by atoms with Gasteiger partial charge in [-0.15, -0.1) is 0 Å². The maximum Gasteiger partial charge on any atom is 2.00 e. The second-order valence-electron chi connectivity index (χ2n) is 25.7. The van der Waals surface area contributed by atoms with Crippen LogP contribution in [0, 0.1) is 92.7 Å². The zero-order chi connectivity index (χ0) is 39.7. The van der Waals surface area contributed by atoms with Gasteiger partial charge in [0.05, 0.1) is 49.3 Å². The van der Waals surface area contributed by atoms with E-state index in [0.29, 0.717) is 108 Å². The standard InChI is InChI=1S/C48H88N8.Mg.2H/c1-45(2,3)33-31-32(34(46(4,5)6)36(48(10,11)12)35(33)47(7,8)9)44-55-42-30-24-18-16-22-28(30)40(53-42)51-38-26-20-14-13-19-25(26)37(49-38)50-39-27-21-15-17-23-29(27)41(52-39)54-43(31)56-44;;;/h25-44,49-56H,13-24H2,1-12H3;;;/q;+2;2*-1. The molecule has 9 rings (SSSR count). The summed E-state index contributed by atoms with van der Waals surface area (Å²) in [6.45, 7) is 31.2. The largest absolute Gasteiger partial charge is 2.00 e. The third kappa shape index (κ3) is 7.91. The maximum atomic E-state index is 4.56. The first-order valence-corrected chi connectivity index (χ1v) is 24.4. The van der Waals surface area contributed by atoms with Crippen molar-refractivity contribution >= 4 is 23.1 Å². The summed E-state index contributed by atoms with van der Waals surface area (Å²) < 4.78 is 0. The van der Waals surface area contributed by atoms with Crippen molar-refractivity contribution in [2.45, 2.75) is 209 Å². The summed E-state index contributed by atoms with van der Waals surface area (Å²) in [5, 5.41) is 35.4. The van der Waals surface area contributed by atoms with Crippen LogP contribution in [0.4, 0.5) is 0 Å². The Hall–Kier alpha value is 0.446. The molecule has 0 aromatic rings. The van der Waals surface area contributed by atoms with E-state index in [2.05, 4.69) is 126 Å². The quantitative estimate of drug-likeness (QED) is 0.119. The summed E-state index contributed by atoms with van der Waals surface area (Å²) in [6.07, 6.45) is 18.9. The van der Waals surface area contributed by atoms with Gasteiger partial charge in [-0.05, 0) is 131 Å². The molecule has 5 heterocycles. The molecule has 4 aliphatic carbocycles. The molecule has 0 amide bonds. The summed E-state index contributed by atoms with van der Waals surface area (Å²) in [5.41, 5.74) is 0.712. The monoisotopic (exact) mass is 803 g/mol. The third-order valence-electron chi connectivity index (χ3n) is 18.3. The Bertz CT molecular complexity index is 1310. The molecular weight excluding hydrogens is 713 g/mol. The molecule has 9 aliphatic rings. The third-order valence-corrected chi connectivity index (χ3v) is 18.3. The molecule has 4 saturated carbocycles. The molecule has 5 aliphatic heterocycles. The Morgan fingerprint density at radius 3 is 0.649 bits per heavy atom. The number of hydrogen-bond acceptors (Lipinski definition) is 8. The van der Waals surface area contributed by atoms with Gasteiger partial charge in [0.2, 0.25) is 0 Å². The first kappa shape index (κ1) is 44.1. The van der Waals surface area contributed by atoms with Crippen LogP contribution in [0.2, 0.25) is 0 Å². The van der Waals surface area contributed by atoms with E-state index in [4.69, 9.17) is 0 Å². The summed E-state index contributed by atoms with van der Waals surface area (Å²) in [6, 6.07) is 0. The fourth-order valence-corrected chi connectivity index (χ4v) is 16.6. The van der Waals surface area contributed by atoms with Crippen LogP contribution >= 0.6 is 0 Å². The molecule has 0 aromatic heterocycles. The average Bonchev–Trinajstić information content (AvgIpc) is 3.84. The Labute approximate surface area is 368 Å². The van der Waals surface area contributed by atoms with Gasteiger partial charge in [-0.2, -0.15) is 0 Å². The number of hydrogen-bond donors (Lipinski definition) is 8. The molecule has 57 heavy (non-hydrogen) atoms. The van der Waals surface area contributed by atoms with E-state index in [1.807, 2.05) is 0 Å². The van der Waals surface area contributed by atoms with Gasteiger partial charge in [0.1, 0.15) is 0 Å². The van der Waals surface area contributed by atoms with Gasteiger partial charge in [-0.25, -0.2) is 0 Å². The first-order chi connectivity index (χ1) is 26.3. The second kappa shape index (κ2) is 15.9. The van der Waals surface area contributed by atoms with Gasteiger partial charge in [0, 0.05) is 0 Å². The van der Waals surface area contributed by atoms with Crippen molar-refractivity contribution in [1.82, 2.24) is 42.5 Å². The molecule has 9 heteroatoms. The number of fused-ring (bicyclic) bond motifs is 20. The van der Waals surface area contributed by atoms with E-state index >= 15 is 0 Å². The van der Waals surface area contributed by atoms with Crippen molar-refractivity contribution in [2.75, 3.05) is 0 Å². The maximum absolute atomic E-state index is 4.56. The number of nitrogens with one attached hydrogen (secondary N) is 8. The minimum Gasteiger partial charge on any atom is -1.00 e. The topological polar surface area (TPSA) is 96.2 Å². The first-order valence-electron chi connectivity index (χ1n) is 24.4. The van der Waals surface area contributed by atoms with E-state index < -0.39 is 0 Å². The minimum absolute atomic E-state index is 0. The predicted molar refractivity (Wildman–Crippen MR) is 238 cm³/mol. The zero-order valence-corrected chi connectivity index (χ0v) is 40.2. The van der Waals surface area contributed by atoms with E-state index in [1.165, 1.54) is 77.0 Å². The summed E-state index contributed by atoms with van der Waals surface area (Å²) in [7, 11) is 0. The molecule has 5 saturated heterocycles. The van der Waals surface area contributed by atoms with Crippen molar-refractivity contribution in [3.63, 3.8) is 0 Å². The Balaban J connectivity index is 0.00000195. The van der Waals surface area contributed by atoms with Gasteiger partial charge >= 0.3 is 23.1 Å². The van der Waals surface area contributed by atoms with Crippen LogP contribution in [0.3, 0.4) is 0 Å². The Kier molecular flexibility index (Phi) is 12.3. The SMILES string of the molecule is CC(C)(C)C1C2C3NC4NC(NC5NC(NC6NC(NC(N3)C2C(C(C)(C)C)C(C(C)(C)C)C1C(C)(C)C)C1CCCCC61)C1CCCCC51)C1CCCCC41.[H-].[H-].[Mg+2]. The Morgan fingerprint density at radius 2 is 0.456 bits per heavy atom. The van der Waals surface area contributed by atoms with Crippen LogP contribution in [0.15, 0.2) is 0 Å². The van der Waals surface area contributed by atoms with Gasteiger partial charge in [-0.1, -0.05) is 122 Å². The van der Waals surface area contributed by atoms with Gasteiger partial charge < -0.3 is 2.85 Å². The Morgan fingerprint density at radius 1 is 0.281 bits per heavy atom. The van der Waals surface area contributed by atoms with Crippen LogP contribution < -0.4 is 42.5 Å². The molecule has 0 aromatic carbocycles. The van der Waals surface area contributed by atoms with Crippen molar-refractivity contribution in [2.24, 2.45) is 92.7 Å². The molecule has 324 valence electrons. The molecule has 8 nitrogen and oxygen atoms in total.